The summed E-state index contributed by atoms with van der Waals surface area (Å²) in [7, 11) is 1.99. The van der Waals surface area contributed by atoms with E-state index in [-0.39, 0.29) is 12.4 Å². The number of hydrogen-bond donors (Lipinski definition) is 1. The Morgan fingerprint density at radius 2 is 1.95 bits per heavy atom. The molecule has 0 amide bonds. The highest BCUT2D eigenvalue weighted by atomic mass is 19.1. The molecular weight excluding hydrogens is 265 g/mol. The molecule has 0 aliphatic rings. The van der Waals surface area contributed by atoms with Crippen molar-refractivity contribution in [1.29, 1.82) is 0 Å². The van der Waals surface area contributed by atoms with E-state index in [0.717, 1.165) is 11.3 Å². The van der Waals surface area contributed by atoms with Crippen molar-refractivity contribution in [3.05, 3.63) is 65.0 Å². The molecule has 0 radical (unpaired) electrons. The summed E-state index contributed by atoms with van der Waals surface area (Å²) in [6.07, 6.45) is 0. The van der Waals surface area contributed by atoms with E-state index in [9.17, 15) is 4.39 Å². The molecule has 0 aliphatic carbocycles. The molecular formula is C18H18FNO. The van der Waals surface area contributed by atoms with Crippen molar-refractivity contribution in [3.8, 4) is 11.8 Å². The molecule has 2 nitrogen and oxygen atoms in total. The maximum Gasteiger partial charge on any atom is 0.124 e. The SMILES string of the molecule is Cc1ccccc1N(C)Cc1ccc(F)cc1C#CCO. The Morgan fingerprint density at radius 1 is 1.19 bits per heavy atom. The highest BCUT2D eigenvalue weighted by Crippen LogP contribution is 2.21. The molecule has 0 heterocycles. The van der Waals surface area contributed by atoms with Crippen molar-refractivity contribution in [2.45, 2.75) is 13.5 Å². The lowest BCUT2D eigenvalue weighted by Crippen LogP contribution is -2.18. The number of aliphatic hydroxyl groups is 1. The summed E-state index contributed by atoms with van der Waals surface area (Å²) in [6, 6.07) is 12.7. The van der Waals surface area contributed by atoms with Crippen LogP contribution in [0.5, 0.6) is 0 Å². The van der Waals surface area contributed by atoms with Crippen molar-refractivity contribution < 1.29 is 9.50 Å². The normalized spacial score (nSPS) is 9.90. The summed E-state index contributed by atoms with van der Waals surface area (Å²) in [5.74, 6) is 5.07. The monoisotopic (exact) mass is 283 g/mol. The molecule has 0 unspecified atom stereocenters. The summed E-state index contributed by atoms with van der Waals surface area (Å²) in [5.41, 5.74) is 3.86. The molecule has 2 aromatic carbocycles. The van der Waals surface area contributed by atoms with Gasteiger partial charge in [-0.25, -0.2) is 4.39 Å². The Kier molecular flexibility index (Phi) is 4.97. The standard InChI is InChI=1S/C18H18FNO/c1-14-6-3-4-8-18(14)20(2)13-16-9-10-17(19)12-15(16)7-5-11-21/h3-4,6,8-10,12,21H,11,13H2,1-2H3. The fraction of sp³-hybridized carbons (Fsp3) is 0.222. The average molecular weight is 283 g/mol. The second-order valence-electron chi connectivity index (χ2n) is 4.90. The van der Waals surface area contributed by atoms with Gasteiger partial charge in [-0.3, -0.25) is 0 Å². The van der Waals surface area contributed by atoms with Gasteiger partial charge in [0.15, 0.2) is 0 Å². The van der Waals surface area contributed by atoms with E-state index in [1.165, 1.54) is 17.7 Å². The first kappa shape index (κ1) is 15.1. The van der Waals surface area contributed by atoms with Gasteiger partial charge >= 0.3 is 0 Å². The number of nitrogens with zero attached hydrogens (tertiary/aromatic N) is 1. The van der Waals surface area contributed by atoms with E-state index >= 15 is 0 Å². The van der Waals surface area contributed by atoms with Gasteiger partial charge in [0.25, 0.3) is 0 Å². The lowest BCUT2D eigenvalue weighted by molar-refractivity contribution is 0.350. The Balaban J connectivity index is 2.29. The van der Waals surface area contributed by atoms with Crippen LogP contribution in [0.15, 0.2) is 42.5 Å². The number of halogens is 1. The zero-order valence-electron chi connectivity index (χ0n) is 12.2. The third-order valence-corrected chi connectivity index (χ3v) is 3.31. The molecule has 1 N–H and O–H groups in total. The summed E-state index contributed by atoms with van der Waals surface area (Å²) >= 11 is 0. The molecule has 0 bridgehead atoms. The predicted molar refractivity (Wildman–Crippen MR) is 83.6 cm³/mol. The fourth-order valence-electron chi connectivity index (χ4n) is 2.27. The lowest BCUT2D eigenvalue weighted by Gasteiger charge is -2.22. The minimum Gasteiger partial charge on any atom is -0.384 e. The minimum atomic E-state index is -0.320. The van der Waals surface area contributed by atoms with Gasteiger partial charge < -0.3 is 10.0 Å². The highest BCUT2D eigenvalue weighted by molar-refractivity contribution is 5.54. The minimum absolute atomic E-state index is 0.233. The molecule has 2 aromatic rings. The lowest BCUT2D eigenvalue weighted by atomic mass is 10.1. The van der Waals surface area contributed by atoms with Crippen molar-refractivity contribution in [3.63, 3.8) is 0 Å². The van der Waals surface area contributed by atoms with Gasteiger partial charge in [0, 0.05) is 24.8 Å². The summed E-state index contributed by atoms with van der Waals surface area (Å²) < 4.78 is 13.4. The van der Waals surface area contributed by atoms with Crippen LogP contribution in [0, 0.1) is 24.6 Å². The fourth-order valence-corrected chi connectivity index (χ4v) is 2.27. The number of benzene rings is 2. The average Bonchev–Trinajstić information content (AvgIpc) is 2.47. The smallest absolute Gasteiger partial charge is 0.124 e. The second kappa shape index (κ2) is 6.92. The van der Waals surface area contributed by atoms with Gasteiger partial charge in [-0.15, -0.1) is 0 Å². The molecule has 0 aromatic heterocycles. The molecule has 3 heteroatoms. The molecule has 108 valence electrons. The maximum atomic E-state index is 13.4. The van der Waals surface area contributed by atoms with Gasteiger partial charge in [-0.05, 0) is 36.2 Å². The van der Waals surface area contributed by atoms with Crippen LogP contribution in [0.25, 0.3) is 0 Å². The highest BCUT2D eigenvalue weighted by Gasteiger charge is 2.08. The van der Waals surface area contributed by atoms with Crippen molar-refractivity contribution in [2.24, 2.45) is 0 Å². The predicted octanol–water partition coefficient (Wildman–Crippen LogP) is 3.11. The van der Waals surface area contributed by atoms with Crippen LogP contribution in [-0.4, -0.2) is 18.8 Å². The second-order valence-corrected chi connectivity index (χ2v) is 4.90. The van der Waals surface area contributed by atoms with Crippen molar-refractivity contribution >= 4 is 5.69 Å². The van der Waals surface area contributed by atoms with E-state index in [1.54, 1.807) is 6.07 Å². The van der Waals surface area contributed by atoms with Gasteiger partial charge in [0.1, 0.15) is 12.4 Å². The quantitative estimate of drug-likeness (QED) is 0.875. The van der Waals surface area contributed by atoms with Gasteiger partial charge in [0.05, 0.1) is 0 Å². The first-order chi connectivity index (χ1) is 10.1. The Bertz CT molecular complexity index is 685. The zero-order valence-corrected chi connectivity index (χ0v) is 12.2. The van der Waals surface area contributed by atoms with E-state index in [2.05, 4.69) is 35.8 Å². The maximum absolute atomic E-state index is 13.4. The molecule has 21 heavy (non-hydrogen) atoms. The van der Waals surface area contributed by atoms with Crippen LogP contribution < -0.4 is 4.90 Å². The van der Waals surface area contributed by atoms with E-state index in [1.807, 2.05) is 19.2 Å². The van der Waals surface area contributed by atoms with Crippen LogP contribution in [0.2, 0.25) is 0 Å². The van der Waals surface area contributed by atoms with Crippen LogP contribution in [0.1, 0.15) is 16.7 Å². The number of aryl methyl sites for hydroxylation is 1. The molecule has 0 spiro atoms. The summed E-state index contributed by atoms with van der Waals surface area (Å²) in [6.45, 7) is 2.45. The Morgan fingerprint density at radius 3 is 2.67 bits per heavy atom. The molecule has 0 saturated carbocycles. The number of hydrogen-bond acceptors (Lipinski definition) is 2. The first-order valence-corrected chi connectivity index (χ1v) is 6.76. The molecule has 0 aliphatic heterocycles. The first-order valence-electron chi connectivity index (χ1n) is 6.76. The number of aliphatic hydroxyl groups excluding tert-OH is 1. The van der Waals surface area contributed by atoms with Crippen LogP contribution in [0.4, 0.5) is 10.1 Å². The number of rotatable bonds is 3. The van der Waals surface area contributed by atoms with E-state index in [0.29, 0.717) is 12.1 Å². The van der Waals surface area contributed by atoms with Gasteiger partial charge in [-0.1, -0.05) is 36.1 Å². The molecule has 0 atom stereocenters. The Labute approximate surface area is 124 Å². The van der Waals surface area contributed by atoms with E-state index in [4.69, 9.17) is 5.11 Å². The van der Waals surface area contributed by atoms with Crippen molar-refractivity contribution in [2.75, 3.05) is 18.6 Å². The van der Waals surface area contributed by atoms with Crippen LogP contribution in [0.3, 0.4) is 0 Å². The molecule has 0 fully saturated rings. The Hall–Kier alpha value is -2.31. The summed E-state index contributed by atoms with van der Waals surface area (Å²) in [4.78, 5) is 2.10. The van der Waals surface area contributed by atoms with Crippen LogP contribution in [-0.2, 0) is 6.54 Å². The number of anilines is 1. The zero-order chi connectivity index (χ0) is 15.2. The largest absolute Gasteiger partial charge is 0.384 e. The topological polar surface area (TPSA) is 23.5 Å². The third kappa shape index (κ3) is 3.84. The van der Waals surface area contributed by atoms with E-state index < -0.39 is 0 Å². The van der Waals surface area contributed by atoms with Crippen molar-refractivity contribution in [1.82, 2.24) is 0 Å². The molecule has 0 saturated heterocycles. The molecule has 2 rings (SSSR count). The van der Waals surface area contributed by atoms with Gasteiger partial charge in [-0.2, -0.15) is 0 Å². The summed E-state index contributed by atoms with van der Waals surface area (Å²) in [5, 5.41) is 8.81. The van der Waals surface area contributed by atoms with Crippen LogP contribution >= 0.6 is 0 Å². The number of para-hydroxylation sites is 1. The van der Waals surface area contributed by atoms with Gasteiger partial charge in [0.2, 0.25) is 0 Å². The third-order valence-electron chi connectivity index (χ3n) is 3.31.